The molecule has 0 aromatic heterocycles. The first-order valence-electron chi connectivity index (χ1n) is 10.0. The van der Waals surface area contributed by atoms with Gasteiger partial charge in [0, 0.05) is 18.6 Å². The summed E-state index contributed by atoms with van der Waals surface area (Å²) in [6.45, 7) is 2.18. The summed E-state index contributed by atoms with van der Waals surface area (Å²) in [6.07, 6.45) is -0.417. The molecule has 2 aromatic carbocycles. The number of hydrogen-bond acceptors (Lipinski definition) is 6. The molecule has 1 aliphatic heterocycles. The average molecular weight is 481 g/mol. The smallest absolute Gasteiger partial charge is 0.243 e. The van der Waals surface area contributed by atoms with E-state index in [1.54, 1.807) is 41.3 Å². The second-order valence-corrected chi connectivity index (χ2v) is 9.90. The van der Waals surface area contributed by atoms with Crippen molar-refractivity contribution >= 4 is 33.3 Å². The maximum Gasteiger partial charge on any atom is 0.243 e. The first-order chi connectivity index (χ1) is 15.2. The lowest BCUT2D eigenvalue weighted by Gasteiger charge is -2.33. The van der Waals surface area contributed by atoms with Gasteiger partial charge in [-0.1, -0.05) is 29.8 Å². The number of Topliss-reactive ketones (excluding diaryl/α,β-unsaturated/α-hetero) is 1. The fourth-order valence-corrected chi connectivity index (χ4v) is 4.59. The molecule has 1 unspecified atom stereocenters. The Hall–Kier alpha value is -2.46. The number of likely N-dealkylation sites (N-methyl/N-ethyl adjacent to an activating group) is 1. The Morgan fingerprint density at radius 2 is 1.94 bits per heavy atom. The van der Waals surface area contributed by atoms with Gasteiger partial charge >= 0.3 is 0 Å². The summed E-state index contributed by atoms with van der Waals surface area (Å²) in [7, 11) is -2.38. The van der Waals surface area contributed by atoms with E-state index in [4.69, 9.17) is 21.1 Å². The molecule has 0 radical (unpaired) electrons. The van der Waals surface area contributed by atoms with Crippen LogP contribution in [0.1, 0.15) is 17.3 Å². The van der Waals surface area contributed by atoms with E-state index in [9.17, 15) is 18.0 Å². The summed E-state index contributed by atoms with van der Waals surface area (Å²) < 4.78 is 37.8. The lowest BCUT2D eigenvalue weighted by Crippen LogP contribution is -2.50. The highest BCUT2D eigenvalue weighted by Gasteiger charge is 2.29. The molecule has 1 aliphatic rings. The molecule has 1 heterocycles. The van der Waals surface area contributed by atoms with Crippen LogP contribution in [0.4, 0.5) is 0 Å². The number of ketones is 1. The van der Waals surface area contributed by atoms with Crippen LogP contribution >= 0.6 is 11.6 Å². The van der Waals surface area contributed by atoms with Gasteiger partial charge in [-0.3, -0.25) is 9.59 Å². The Balaban J connectivity index is 1.59. The third-order valence-electron chi connectivity index (χ3n) is 5.05. The molecule has 1 amide bonds. The maximum absolute atomic E-state index is 12.8. The Morgan fingerprint density at radius 1 is 1.22 bits per heavy atom. The Morgan fingerprint density at radius 3 is 2.62 bits per heavy atom. The zero-order valence-corrected chi connectivity index (χ0v) is 19.4. The molecule has 1 atom stereocenters. The van der Waals surface area contributed by atoms with E-state index in [-0.39, 0.29) is 36.3 Å². The summed E-state index contributed by atoms with van der Waals surface area (Å²) in [5, 5.41) is 0.433. The average Bonchev–Trinajstić information content (AvgIpc) is 2.78. The standard InChI is InChI=1S/C22H25ClN2O6S/c1-16(26)20-12-17(23)8-9-21(20)31-15-18-13-25(10-11-30-18)22(27)14-24(2)32(28,29)19-6-4-3-5-7-19/h3-9,12,18H,10-11,13-15H2,1-2H3. The molecular weight excluding hydrogens is 456 g/mol. The number of rotatable bonds is 8. The van der Waals surface area contributed by atoms with Crippen molar-refractivity contribution in [2.75, 3.05) is 39.9 Å². The first kappa shape index (κ1) is 24.2. The number of carbonyl (C=O) groups excluding carboxylic acids is 2. The molecule has 0 aliphatic carbocycles. The first-order valence-corrected chi connectivity index (χ1v) is 11.8. The Labute approximate surface area is 192 Å². The van der Waals surface area contributed by atoms with Gasteiger partial charge < -0.3 is 14.4 Å². The Kier molecular flexibility index (Phi) is 7.89. The summed E-state index contributed by atoms with van der Waals surface area (Å²) >= 11 is 5.95. The lowest BCUT2D eigenvalue weighted by atomic mass is 10.1. The second kappa shape index (κ2) is 10.4. The van der Waals surface area contributed by atoms with Crippen molar-refractivity contribution in [2.45, 2.75) is 17.9 Å². The van der Waals surface area contributed by atoms with Crippen LogP contribution in [-0.2, 0) is 19.6 Å². The molecule has 1 saturated heterocycles. The predicted molar refractivity (Wildman–Crippen MR) is 120 cm³/mol. The molecule has 2 aromatic rings. The zero-order valence-electron chi connectivity index (χ0n) is 17.9. The van der Waals surface area contributed by atoms with Gasteiger partial charge in [-0.25, -0.2) is 8.42 Å². The highest BCUT2D eigenvalue weighted by atomic mass is 35.5. The minimum atomic E-state index is -3.76. The van der Waals surface area contributed by atoms with Crippen LogP contribution in [0.3, 0.4) is 0 Å². The normalized spacial score (nSPS) is 16.8. The highest BCUT2D eigenvalue weighted by molar-refractivity contribution is 7.89. The molecule has 8 nitrogen and oxygen atoms in total. The molecule has 1 fully saturated rings. The van der Waals surface area contributed by atoms with Crippen molar-refractivity contribution in [3.05, 3.63) is 59.1 Å². The summed E-state index contributed by atoms with van der Waals surface area (Å²) in [4.78, 5) is 26.3. The van der Waals surface area contributed by atoms with Crippen LogP contribution < -0.4 is 4.74 Å². The van der Waals surface area contributed by atoms with Crippen LogP contribution in [-0.4, -0.2) is 75.3 Å². The lowest BCUT2D eigenvalue weighted by molar-refractivity contribution is -0.139. The van der Waals surface area contributed by atoms with Gasteiger partial charge in [0.1, 0.15) is 18.5 Å². The van der Waals surface area contributed by atoms with Crippen molar-refractivity contribution in [3.63, 3.8) is 0 Å². The van der Waals surface area contributed by atoms with Gasteiger partial charge in [-0.2, -0.15) is 4.31 Å². The molecule has 172 valence electrons. The van der Waals surface area contributed by atoms with E-state index in [0.29, 0.717) is 29.5 Å². The summed E-state index contributed by atoms with van der Waals surface area (Å²) in [6, 6.07) is 12.8. The van der Waals surface area contributed by atoms with E-state index in [0.717, 1.165) is 4.31 Å². The minimum absolute atomic E-state index is 0.129. The van der Waals surface area contributed by atoms with Crippen molar-refractivity contribution in [1.82, 2.24) is 9.21 Å². The summed E-state index contributed by atoms with van der Waals surface area (Å²) in [5.41, 5.74) is 0.369. The van der Waals surface area contributed by atoms with Crippen molar-refractivity contribution < 1.29 is 27.5 Å². The molecule has 0 spiro atoms. The van der Waals surface area contributed by atoms with Crippen LogP contribution in [0, 0.1) is 0 Å². The monoisotopic (exact) mass is 480 g/mol. The van der Waals surface area contributed by atoms with Crippen LogP contribution in [0.5, 0.6) is 5.75 Å². The van der Waals surface area contributed by atoms with Gasteiger partial charge in [-0.15, -0.1) is 0 Å². The van der Waals surface area contributed by atoms with Gasteiger partial charge in [0.25, 0.3) is 0 Å². The molecule has 3 rings (SSSR count). The minimum Gasteiger partial charge on any atom is -0.490 e. The second-order valence-electron chi connectivity index (χ2n) is 7.41. The van der Waals surface area contributed by atoms with E-state index in [2.05, 4.69) is 0 Å². The largest absolute Gasteiger partial charge is 0.490 e. The maximum atomic E-state index is 12.8. The third kappa shape index (κ3) is 5.86. The van der Waals surface area contributed by atoms with Crippen molar-refractivity contribution in [1.29, 1.82) is 0 Å². The molecule has 0 saturated carbocycles. The van der Waals surface area contributed by atoms with Crippen molar-refractivity contribution in [2.24, 2.45) is 0 Å². The predicted octanol–water partition coefficient (Wildman–Crippen LogP) is 2.47. The number of morpholine rings is 1. The summed E-state index contributed by atoms with van der Waals surface area (Å²) in [5.74, 6) is -0.106. The van der Waals surface area contributed by atoms with Crippen LogP contribution in [0.25, 0.3) is 0 Å². The SMILES string of the molecule is CC(=O)c1cc(Cl)ccc1OCC1CN(C(=O)CN(C)S(=O)(=O)c2ccccc2)CCO1. The number of benzene rings is 2. The fourth-order valence-electron chi connectivity index (χ4n) is 3.28. The number of sulfonamides is 1. The zero-order chi connectivity index (χ0) is 23.3. The number of hydrogen-bond donors (Lipinski definition) is 0. The molecule has 32 heavy (non-hydrogen) atoms. The molecular formula is C22H25ClN2O6S. The number of ether oxygens (including phenoxy) is 2. The van der Waals surface area contributed by atoms with Gasteiger partial charge in [-0.05, 0) is 37.3 Å². The quantitative estimate of drug-likeness (QED) is 0.539. The van der Waals surface area contributed by atoms with Crippen molar-refractivity contribution in [3.8, 4) is 5.75 Å². The van der Waals surface area contributed by atoms with E-state index < -0.39 is 16.1 Å². The molecule has 0 bridgehead atoms. The van der Waals surface area contributed by atoms with E-state index >= 15 is 0 Å². The van der Waals surface area contributed by atoms with E-state index in [1.165, 1.54) is 26.1 Å². The molecule has 10 heteroatoms. The number of carbonyl (C=O) groups is 2. The third-order valence-corrected chi connectivity index (χ3v) is 7.10. The molecule has 0 N–H and O–H groups in total. The number of amides is 1. The van der Waals surface area contributed by atoms with E-state index in [1.807, 2.05) is 0 Å². The van der Waals surface area contributed by atoms with Crippen LogP contribution in [0.15, 0.2) is 53.4 Å². The van der Waals surface area contributed by atoms with Gasteiger partial charge in [0.05, 0.1) is 30.2 Å². The fraction of sp³-hybridized carbons (Fsp3) is 0.364. The highest BCUT2D eigenvalue weighted by Crippen LogP contribution is 2.24. The number of nitrogens with zero attached hydrogens (tertiary/aromatic N) is 2. The van der Waals surface area contributed by atoms with Crippen LogP contribution in [0.2, 0.25) is 5.02 Å². The number of halogens is 1. The van der Waals surface area contributed by atoms with Gasteiger partial charge in [0.2, 0.25) is 15.9 Å². The topological polar surface area (TPSA) is 93.2 Å². The van der Waals surface area contributed by atoms with Gasteiger partial charge in [0.15, 0.2) is 5.78 Å². The Bertz CT molecular complexity index is 1080.